The lowest BCUT2D eigenvalue weighted by Gasteiger charge is -2.16. The van der Waals surface area contributed by atoms with E-state index in [0.717, 1.165) is 38.1 Å². The van der Waals surface area contributed by atoms with Crippen molar-refractivity contribution in [3.05, 3.63) is 75.0 Å². The highest BCUT2D eigenvalue weighted by Crippen LogP contribution is 2.31. The maximum Gasteiger partial charge on any atom is 0.196 e. The van der Waals surface area contributed by atoms with Gasteiger partial charge in [0.2, 0.25) is 0 Å². The highest BCUT2D eigenvalue weighted by Gasteiger charge is 2.19. The minimum Gasteiger partial charge on any atom is -0.453 e. The van der Waals surface area contributed by atoms with Gasteiger partial charge in [-0.3, -0.25) is 9.59 Å². The molecule has 0 amide bonds. The molecule has 2 N–H and O–H groups in total. The number of hydrogen-bond donors (Lipinski definition) is 2. The lowest BCUT2D eigenvalue weighted by atomic mass is 9.99. The number of nitrogens with one attached hydrogen (secondary N) is 2. The van der Waals surface area contributed by atoms with Crippen molar-refractivity contribution in [1.29, 1.82) is 0 Å². The summed E-state index contributed by atoms with van der Waals surface area (Å²) in [5, 5.41) is 5.14. The van der Waals surface area contributed by atoms with Crippen LogP contribution in [0.3, 0.4) is 0 Å². The lowest BCUT2D eigenvalue weighted by molar-refractivity contribution is 0.337. The average molecular weight is 440 g/mol. The van der Waals surface area contributed by atoms with E-state index in [-0.39, 0.29) is 10.9 Å². The van der Waals surface area contributed by atoms with Gasteiger partial charge in [0, 0.05) is 29.1 Å². The zero-order valence-corrected chi connectivity index (χ0v) is 18.3. The molecule has 1 aliphatic rings. The molecule has 1 aromatic heterocycles. The third-order valence-electron chi connectivity index (χ3n) is 6.69. The molecule has 2 heterocycles. The molecule has 1 saturated heterocycles. The Morgan fingerprint density at radius 1 is 0.879 bits per heavy atom. The van der Waals surface area contributed by atoms with Crippen LogP contribution >= 0.6 is 0 Å². The first-order valence-electron chi connectivity index (χ1n) is 11.6. The van der Waals surface area contributed by atoms with Crippen LogP contribution in [-0.4, -0.2) is 36.1 Å². The van der Waals surface area contributed by atoms with E-state index >= 15 is 0 Å². The van der Waals surface area contributed by atoms with Gasteiger partial charge in [0.25, 0.3) is 0 Å². The molecule has 5 aromatic rings. The van der Waals surface area contributed by atoms with Crippen molar-refractivity contribution in [2.45, 2.75) is 19.3 Å². The quantitative estimate of drug-likeness (QED) is 0.233. The molecule has 6 nitrogen and oxygen atoms in total. The molecule has 1 aliphatic heterocycles. The van der Waals surface area contributed by atoms with Crippen LogP contribution in [0.5, 0.6) is 0 Å². The molecular weight excluding hydrogens is 414 g/mol. The van der Waals surface area contributed by atoms with Crippen molar-refractivity contribution in [2.75, 3.05) is 31.5 Å². The number of H-pyrrole nitrogens is 1. The van der Waals surface area contributed by atoms with Crippen molar-refractivity contribution >= 4 is 49.4 Å². The fourth-order valence-corrected chi connectivity index (χ4v) is 5.06. The van der Waals surface area contributed by atoms with Crippen molar-refractivity contribution in [3.63, 3.8) is 0 Å². The molecule has 0 atom stereocenters. The summed E-state index contributed by atoms with van der Waals surface area (Å²) in [5.74, 6) is 0. The maximum atomic E-state index is 13.6. The van der Waals surface area contributed by atoms with Gasteiger partial charge in [-0.1, -0.05) is 36.4 Å². The molecule has 0 unspecified atom stereocenters. The Hall–Kier alpha value is -3.64. The van der Waals surface area contributed by atoms with Gasteiger partial charge in [-0.25, -0.2) is 0 Å². The maximum absolute atomic E-state index is 13.6. The zero-order valence-electron chi connectivity index (χ0n) is 18.3. The van der Waals surface area contributed by atoms with Crippen LogP contribution in [0.1, 0.15) is 19.3 Å². The van der Waals surface area contributed by atoms with Crippen LogP contribution in [0.25, 0.3) is 43.7 Å². The van der Waals surface area contributed by atoms with E-state index < -0.39 is 0 Å². The fourth-order valence-electron chi connectivity index (χ4n) is 5.06. The molecule has 166 valence electrons. The van der Waals surface area contributed by atoms with Gasteiger partial charge in [0.05, 0.1) is 21.8 Å². The molecule has 0 radical (unpaired) electrons. The number of anilines is 1. The number of rotatable bonds is 5. The predicted octanol–water partition coefficient (Wildman–Crippen LogP) is 4.84. The second kappa shape index (κ2) is 8.05. The molecule has 6 rings (SSSR count). The first-order valence-corrected chi connectivity index (χ1v) is 11.6. The van der Waals surface area contributed by atoms with Gasteiger partial charge in [-0.15, -0.1) is 0 Å². The Kier molecular flexibility index (Phi) is 4.88. The monoisotopic (exact) mass is 439 g/mol. The molecule has 4 aromatic carbocycles. The van der Waals surface area contributed by atoms with E-state index in [9.17, 15) is 9.59 Å². The summed E-state index contributed by atoms with van der Waals surface area (Å²) in [6.07, 6.45) is 3.51. The van der Waals surface area contributed by atoms with Crippen molar-refractivity contribution in [1.82, 2.24) is 9.88 Å². The Morgan fingerprint density at radius 3 is 2.36 bits per heavy atom. The van der Waals surface area contributed by atoms with Crippen LogP contribution < -0.4 is 16.2 Å². The molecule has 6 heteroatoms. The largest absolute Gasteiger partial charge is 0.453 e. The van der Waals surface area contributed by atoms with Crippen LogP contribution in [0.2, 0.25) is 0 Å². The number of benzene rings is 4. The number of likely N-dealkylation sites (tertiary alicyclic amines) is 1. The third kappa shape index (κ3) is 3.38. The normalized spacial score (nSPS) is 14.7. The average Bonchev–Trinajstić information content (AvgIpc) is 3.37. The standard InChI is InChI=1S/C27H25N3O3/c31-26-17-8-1-2-9-18(17)27(32)24-23(26)20(28-12-7-15-30-13-5-6-14-30)16-22-25(24)29-19-10-3-4-11-21(19)33-22/h1-4,8-11,16,28-29H,5-7,12-15H2. The van der Waals surface area contributed by atoms with Crippen molar-refractivity contribution in [2.24, 2.45) is 0 Å². The van der Waals surface area contributed by atoms with Crippen molar-refractivity contribution in [3.8, 4) is 0 Å². The zero-order chi connectivity index (χ0) is 22.4. The Morgan fingerprint density at radius 2 is 1.58 bits per heavy atom. The summed E-state index contributed by atoms with van der Waals surface area (Å²) in [5.41, 5.74) is 2.93. The van der Waals surface area contributed by atoms with Gasteiger partial charge in [-0.05, 0) is 51.0 Å². The second-order valence-corrected chi connectivity index (χ2v) is 8.80. The minimum absolute atomic E-state index is 0.134. The summed E-state index contributed by atoms with van der Waals surface area (Å²) in [4.78, 5) is 33.0. The smallest absolute Gasteiger partial charge is 0.196 e. The number of para-hydroxylation sites is 2. The number of nitrogens with zero attached hydrogens (tertiary/aromatic N) is 1. The number of hydrogen-bond acceptors (Lipinski definition) is 5. The van der Waals surface area contributed by atoms with Crippen LogP contribution in [0.4, 0.5) is 5.69 Å². The molecular formula is C27H25N3O3. The molecule has 33 heavy (non-hydrogen) atoms. The van der Waals surface area contributed by atoms with Gasteiger partial charge in [0.15, 0.2) is 22.0 Å². The third-order valence-corrected chi connectivity index (χ3v) is 6.69. The lowest BCUT2D eigenvalue weighted by Crippen LogP contribution is -2.22. The first kappa shape index (κ1) is 20.0. The highest BCUT2D eigenvalue weighted by molar-refractivity contribution is 6.14. The summed E-state index contributed by atoms with van der Waals surface area (Å²) in [6.45, 7) is 4.07. The molecule has 0 spiro atoms. The Bertz CT molecular complexity index is 1630. The van der Waals surface area contributed by atoms with Crippen LogP contribution in [-0.2, 0) is 0 Å². The van der Waals surface area contributed by atoms with Crippen LogP contribution in [0, 0.1) is 0 Å². The summed E-state index contributed by atoms with van der Waals surface area (Å²) >= 11 is 0. The van der Waals surface area contributed by atoms with Crippen LogP contribution in [0.15, 0.2) is 68.6 Å². The van der Waals surface area contributed by atoms with Gasteiger partial charge in [0.1, 0.15) is 0 Å². The number of aromatic amines is 1. The molecule has 0 saturated carbocycles. The summed E-state index contributed by atoms with van der Waals surface area (Å²) in [6, 6.07) is 16.5. The van der Waals surface area contributed by atoms with E-state index in [1.807, 2.05) is 30.3 Å². The fraction of sp³-hybridized carbons (Fsp3) is 0.259. The van der Waals surface area contributed by atoms with Gasteiger partial charge >= 0.3 is 0 Å². The SMILES string of the molecule is O=c1c2ccccc2c(=O)c2c1c(NCCCN1CCCC1)cc1oc3ccccc3[nH]c12. The summed E-state index contributed by atoms with van der Waals surface area (Å²) < 4.78 is 6.17. The summed E-state index contributed by atoms with van der Waals surface area (Å²) in [7, 11) is 0. The Balaban J connectivity index is 1.56. The van der Waals surface area contributed by atoms with E-state index in [2.05, 4.69) is 15.2 Å². The molecule has 1 fully saturated rings. The van der Waals surface area contributed by atoms with E-state index in [1.165, 1.54) is 12.8 Å². The van der Waals surface area contributed by atoms with Gasteiger partial charge < -0.3 is 19.6 Å². The van der Waals surface area contributed by atoms with Gasteiger partial charge in [-0.2, -0.15) is 0 Å². The number of fused-ring (bicyclic) bond motifs is 5. The predicted molar refractivity (Wildman–Crippen MR) is 134 cm³/mol. The van der Waals surface area contributed by atoms with E-state index in [1.54, 1.807) is 24.3 Å². The van der Waals surface area contributed by atoms with E-state index in [0.29, 0.717) is 43.9 Å². The molecule has 0 bridgehead atoms. The highest BCUT2D eigenvalue weighted by atomic mass is 16.3. The number of aromatic nitrogens is 1. The van der Waals surface area contributed by atoms with Crippen molar-refractivity contribution < 1.29 is 4.42 Å². The van der Waals surface area contributed by atoms with E-state index in [4.69, 9.17) is 4.42 Å². The first-order chi connectivity index (χ1) is 16.2. The second-order valence-electron chi connectivity index (χ2n) is 8.80. The molecule has 0 aliphatic carbocycles. The Labute approximate surface area is 189 Å². The topological polar surface area (TPSA) is 78.3 Å². The minimum atomic E-state index is -0.160.